The molecule has 72 valence electrons. The molecule has 0 unspecified atom stereocenters. The largest absolute Gasteiger partial charge is 0.385 e. The molecule has 0 radical (unpaired) electrons. The molecule has 4 N–H and O–H groups in total. The molecule has 13 heavy (non-hydrogen) atoms. The van der Waals surface area contributed by atoms with Crippen molar-refractivity contribution in [3.63, 3.8) is 0 Å². The van der Waals surface area contributed by atoms with Crippen LogP contribution in [0.1, 0.15) is 35.9 Å². The molecule has 0 aromatic carbocycles. The molecule has 0 amide bonds. The molecule has 0 spiro atoms. The highest BCUT2D eigenvalue weighted by Crippen LogP contribution is 2.25. The molecule has 0 bridgehead atoms. The summed E-state index contributed by atoms with van der Waals surface area (Å²) in [6, 6.07) is 0. The fourth-order valence-corrected chi connectivity index (χ4v) is 1.89. The lowest BCUT2D eigenvalue weighted by Crippen LogP contribution is -2.14. The van der Waals surface area contributed by atoms with Gasteiger partial charge in [0.25, 0.3) is 0 Å². The highest BCUT2D eigenvalue weighted by Gasteiger charge is 2.20. The number of hydrogen-bond acceptors (Lipinski definition) is 3. The molecule has 1 atom stereocenters. The molecule has 1 aromatic heterocycles. The summed E-state index contributed by atoms with van der Waals surface area (Å²) in [5, 5.41) is 16.7. The second-order valence-corrected chi connectivity index (χ2v) is 3.52. The van der Waals surface area contributed by atoms with Gasteiger partial charge in [0, 0.05) is 12.2 Å². The van der Waals surface area contributed by atoms with Gasteiger partial charge in [0.1, 0.15) is 6.10 Å². The number of nitrogens with two attached hydrogens (primary N) is 1. The van der Waals surface area contributed by atoms with E-state index in [1.807, 2.05) is 0 Å². The van der Waals surface area contributed by atoms with E-state index in [-0.39, 0.29) is 6.54 Å². The number of nitrogens with one attached hydrogen (secondary N) is 1. The number of hydrogen-bond donors (Lipinski definition) is 3. The third-order valence-electron chi connectivity index (χ3n) is 2.63. The Balaban J connectivity index is 2.31. The summed E-state index contributed by atoms with van der Waals surface area (Å²) < 4.78 is 0. The van der Waals surface area contributed by atoms with Gasteiger partial charge in [-0.15, -0.1) is 0 Å². The first-order valence-electron chi connectivity index (χ1n) is 4.77. The second kappa shape index (κ2) is 3.47. The predicted molar refractivity (Wildman–Crippen MR) is 49.2 cm³/mol. The number of nitrogens with zero attached hydrogens (tertiary/aromatic N) is 1. The summed E-state index contributed by atoms with van der Waals surface area (Å²) in [4.78, 5) is 0. The molecule has 0 fully saturated rings. The molecule has 1 heterocycles. The molecule has 0 saturated heterocycles. The van der Waals surface area contributed by atoms with E-state index in [2.05, 4.69) is 10.2 Å². The lowest BCUT2D eigenvalue weighted by molar-refractivity contribution is 0.180. The lowest BCUT2D eigenvalue weighted by atomic mass is 9.94. The molecule has 2 rings (SSSR count). The lowest BCUT2D eigenvalue weighted by Gasteiger charge is -2.12. The van der Waals surface area contributed by atoms with Crippen LogP contribution in [-0.4, -0.2) is 21.8 Å². The molecule has 0 saturated carbocycles. The maximum atomic E-state index is 9.57. The third-order valence-corrected chi connectivity index (χ3v) is 2.63. The van der Waals surface area contributed by atoms with E-state index in [4.69, 9.17) is 5.73 Å². The Bertz CT molecular complexity index is 295. The highest BCUT2D eigenvalue weighted by atomic mass is 16.3. The van der Waals surface area contributed by atoms with Crippen LogP contribution in [0.3, 0.4) is 0 Å². The van der Waals surface area contributed by atoms with Crippen molar-refractivity contribution in [3.8, 4) is 0 Å². The van der Waals surface area contributed by atoms with Gasteiger partial charge in [0.2, 0.25) is 0 Å². The van der Waals surface area contributed by atoms with Crippen molar-refractivity contribution in [2.24, 2.45) is 5.73 Å². The first kappa shape index (κ1) is 8.72. The summed E-state index contributed by atoms with van der Waals surface area (Å²) in [5.74, 6) is 0. The van der Waals surface area contributed by atoms with Crippen LogP contribution < -0.4 is 5.73 Å². The summed E-state index contributed by atoms with van der Waals surface area (Å²) in [6.45, 7) is 0.247. The minimum absolute atomic E-state index is 0.247. The molecule has 4 heteroatoms. The van der Waals surface area contributed by atoms with Crippen LogP contribution in [0.4, 0.5) is 0 Å². The van der Waals surface area contributed by atoms with Crippen LogP contribution >= 0.6 is 0 Å². The van der Waals surface area contributed by atoms with E-state index in [1.165, 1.54) is 24.1 Å². The van der Waals surface area contributed by atoms with Crippen molar-refractivity contribution in [1.29, 1.82) is 0 Å². The Morgan fingerprint density at radius 3 is 3.00 bits per heavy atom. The molecule has 4 nitrogen and oxygen atoms in total. The number of aromatic nitrogens is 2. The molecular weight excluding hydrogens is 166 g/mol. The van der Waals surface area contributed by atoms with Crippen LogP contribution in [0.5, 0.6) is 0 Å². The molecule has 0 aliphatic heterocycles. The Labute approximate surface area is 77.1 Å². The zero-order valence-electron chi connectivity index (χ0n) is 7.58. The molecule has 1 aromatic rings. The number of aliphatic hydroxyl groups excluding tert-OH is 1. The standard InChI is InChI=1S/C9H15N3O/c10-5-8(13)9-6-3-1-2-4-7(6)11-12-9/h8,13H,1-5,10H2,(H,11,12)/t8-/m1/s1. The zero-order chi connectivity index (χ0) is 9.26. The van der Waals surface area contributed by atoms with Crippen LogP contribution in [0.2, 0.25) is 0 Å². The maximum Gasteiger partial charge on any atom is 0.110 e. The van der Waals surface area contributed by atoms with E-state index >= 15 is 0 Å². The van der Waals surface area contributed by atoms with Crippen LogP contribution in [0.15, 0.2) is 0 Å². The SMILES string of the molecule is NC[C@@H](O)c1n[nH]c2c1CCCC2. The van der Waals surface area contributed by atoms with Gasteiger partial charge in [-0.3, -0.25) is 5.10 Å². The van der Waals surface area contributed by atoms with Crippen LogP contribution in [0.25, 0.3) is 0 Å². The molecule has 1 aliphatic carbocycles. The van der Waals surface area contributed by atoms with Gasteiger partial charge in [0.05, 0.1) is 5.69 Å². The summed E-state index contributed by atoms with van der Waals surface area (Å²) in [5.41, 5.74) is 8.54. The fraction of sp³-hybridized carbons (Fsp3) is 0.667. The van der Waals surface area contributed by atoms with Gasteiger partial charge in [-0.2, -0.15) is 5.10 Å². The van der Waals surface area contributed by atoms with Gasteiger partial charge >= 0.3 is 0 Å². The summed E-state index contributed by atoms with van der Waals surface area (Å²) in [6.07, 6.45) is 3.89. The average molecular weight is 181 g/mol. The average Bonchev–Trinajstić information content (AvgIpc) is 2.60. The minimum Gasteiger partial charge on any atom is -0.385 e. The number of H-pyrrole nitrogens is 1. The normalized spacial score (nSPS) is 18.3. The van der Waals surface area contributed by atoms with Crippen molar-refractivity contribution in [2.75, 3.05) is 6.54 Å². The zero-order valence-corrected chi connectivity index (χ0v) is 7.58. The fourth-order valence-electron chi connectivity index (χ4n) is 1.89. The van der Waals surface area contributed by atoms with E-state index < -0.39 is 6.10 Å². The van der Waals surface area contributed by atoms with Gasteiger partial charge in [0.15, 0.2) is 0 Å². The van der Waals surface area contributed by atoms with Crippen molar-refractivity contribution < 1.29 is 5.11 Å². The smallest absolute Gasteiger partial charge is 0.110 e. The van der Waals surface area contributed by atoms with E-state index in [1.54, 1.807) is 0 Å². The first-order chi connectivity index (χ1) is 6.33. The van der Waals surface area contributed by atoms with Crippen molar-refractivity contribution in [2.45, 2.75) is 31.8 Å². The van der Waals surface area contributed by atoms with Gasteiger partial charge in [-0.05, 0) is 31.2 Å². The Kier molecular flexibility index (Phi) is 2.33. The summed E-state index contributed by atoms with van der Waals surface area (Å²) >= 11 is 0. The number of aromatic amines is 1. The Hall–Kier alpha value is -0.870. The van der Waals surface area contributed by atoms with E-state index in [9.17, 15) is 5.11 Å². The van der Waals surface area contributed by atoms with E-state index in [0.717, 1.165) is 18.5 Å². The van der Waals surface area contributed by atoms with Crippen molar-refractivity contribution >= 4 is 0 Å². The van der Waals surface area contributed by atoms with Crippen LogP contribution in [0, 0.1) is 0 Å². The van der Waals surface area contributed by atoms with Crippen molar-refractivity contribution in [1.82, 2.24) is 10.2 Å². The second-order valence-electron chi connectivity index (χ2n) is 3.52. The first-order valence-corrected chi connectivity index (χ1v) is 4.77. The number of fused-ring (bicyclic) bond motifs is 1. The predicted octanol–water partition coefficient (Wildman–Crippen LogP) is 0.281. The van der Waals surface area contributed by atoms with E-state index in [0.29, 0.717) is 0 Å². The topological polar surface area (TPSA) is 74.9 Å². The Morgan fingerprint density at radius 1 is 1.46 bits per heavy atom. The maximum absolute atomic E-state index is 9.57. The number of aryl methyl sites for hydroxylation is 1. The van der Waals surface area contributed by atoms with Crippen LogP contribution in [-0.2, 0) is 12.8 Å². The van der Waals surface area contributed by atoms with Gasteiger partial charge in [-0.1, -0.05) is 0 Å². The number of aliphatic hydroxyl groups is 1. The van der Waals surface area contributed by atoms with Gasteiger partial charge in [-0.25, -0.2) is 0 Å². The molecular formula is C9H15N3O. The number of rotatable bonds is 2. The summed E-state index contributed by atoms with van der Waals surface area (Å²) in [7, 11) is 0. The monoisotopic (exact) mass is 181 g/mol. The quantitative estimate of drug-likeness (QED) is 0.613. The van der Waals surface area contributed by atoms with Gasteiger partial charge < -0.3 is 10.8 Å². The minimum atomic E-state index is -0.599. The van der Waals surface area contributed by atoms with Crippen molar-refractivity contribution in [3.05, 3.63) is 17.0 Å². The highest BCUT2D eigenvalue weighted by molar-refractivity contribution is 5.29. The third kappa shape index (κ3) is 1.47. The Morgan fingerprint density at radius 2 is 2.23 bits per heavy atom. The molecule has 1 aliphatic rings.